The lowest BCUT2D eigenvalue weighted by atomic mass is 9.96. The first-order chi connectivity index (χ1) is 13.0. The van der Waals surface area contributed by atoms with Crippen molar-refractivity contribution in [1.82, 2.24) is 9.97 Å². The Balaban J connectivity index is 1.81. The summed E-state index contributed by atoms with van der Waals surface area (Å²) in [6, 6.07) is 5.05. The second-order valence-corrected chi connectivity index (χ2v) is 7.08. The first-order valence-electron chi connectivity index (χ1n) is 8.45. The van der Waals surface area contributed by atoms with E-state index in [0.29, 0.717) is 36.7 Å². The topological polar surface area (TPSA) is 103 Å². The van der Waals surface area contributed by atoms with E-state index in [9.17, 15) is 14.8 Å². The molecule has 3 rings (SSSR count). The van der Waals surface area contributed by atoms with Crippen molar-refractivity contribution < 1.29 is 14.2 Å². The van der Waals surface area contributed by atoms with Crippen molar-refractivity contribution in [3.8, 4) is 6.07 Å². The molecule has 0 amide bonds. The van der Waals surface area contributed by atoms with Gasteiger partial charge in [-0.05, 0) is 47.0 Å². The van der Waals surface area contributed by atoms with E-state index < -0.39 is 5.82 Å². The summed E-state index contributed by atoms with van der Waals surface area (Å²) in [5.41, 5.74) is 1.66. The van der Waals surface area contributed by atoms with Gasteiger partial charge in [-0.2, -0.15) is 10.2 Å². The van der Waals surface area contributed by atoms with Crippen molar-refractivity contribution in [3.05, 3.63) is 39.7 Å². The highest BCUT2D eigenvalue weighted by atomic mass is 79.9. The lowest BCUT2D eigenvalue weighted by molar-refractivity contribution is 0.0698. The Morgan fingerprint density at radius 2 is 2.30 bits per heavy atom. The third kappa shape index (κ3) is 4.53. The van der Waals surface area contributed by atoms with Crippen LogP contribution in [-0.2, 0) is 11.3 Å². The first kappa shape index (κ1) is 19.5. The molecule has 0 aliphatic carbocycles. The van der Waals surface area contributed by atoms with E-state index in [0.717, 1.165) is 5.56 Å². The van der Waals surface area contributed by atoms with Gasteiger partial charge in [0, 0.05) is 24.1 Å². The van der Waals surface area contributed by atoms with Crippen LogP contribution in [0.4, 0.5) is 21.8 Å². The fourth-order valence-corrected chi connectivity index (χ4v) is 3.18. The molecule has 3 N–H and O–H groups in total. The van der Waals surface area contributed by atoms with Crippen LogP contribution in [0.1, 0.15) is 17.5 Å². The minimum absolute atomic E-state index is 0.155. The highest BCUT2D eigenvalue weighted by Gasteiger charge is 2.26. The highest BCUT2D eigenvalue weighted by Crippen LogP contribution is 2.27. The summed E-state index contributed by atoms with van der Waals surface area (Å²) >= 11 is 3.11. The molecule has 1 saturated heterocycles. The van der Waals surface area contributed by atoms with Gasteiger partial charge in [0.1, 0.15) is 11.6 Å². The standard InChI is InChI=1S/C18H19BrFN5O2/c1-10-7-22-18(23-13-4-12(8-26)16(19)14(20)5-13)25-17(10)24-15-9-27-3-2-11(15)6-21/h4-5,7,11,15,26H,2-3,8-9H2,1H3,(H2,22,23,24,25)/t11-,15+/m0/s1. The van der Waals surface area contributed by atoms with E-state index in [1.807, 2.05) is 6.92 Å². The van der Waals surface area contributed by atoms with Crippen molar-refractivity contribution in [3.63, 3.8) is 0 Å². The van der Waals surface area contributed by atoms with Crippen LogP contribution in [0.3, 0.4) is 0 Å². The quantitative estimate of drug-likeness (QED) is 0.661. The van der Waals surface area contributed by atoms with Crippen LogP contribution in [0.2, 0.25) is 0 Å². The minimum atomic E-state index is -0.495. The van der Waals surface area contributed by atoms with Gasteiger partial charge < -0.3 is 20.5 Å². The number of hydrogen-bond acceptors (Lipinski definition) is 7. The molecule has 1 aliphatic rings. The summed E-state index contributed by atoms with van der Waals surface area (Å²) in [7, 11) is 0. The molecule has 1 aliphatic heterocycles. The number of ether oxygens (including phenoxy) is 1. The van der Waals surface area contributed by atoms with E-state index >= 15 is 0 Å². The number of rotatable bonds is 5. The number of nitriles is 1. The van der Waals surface area contributed by atoms with Crippen LogP contribution in [0.15, 0.2) is 22.8 Å². The van der Waals surface area contributed by atoms with Crippen molar-refractivity contribution in [2.45, 2.75) is 26.0 Å². The van der Waals surface area contributed by atoms with Gasteiger partial charge in [0.15, 0.2) is 0 Å². The number of aromatic nitrogens is 2. The Hall–Kier alpha value is -2.28. The zero-order valence-electron chi connectivity index (χ0n) is 14.7. The number of aliphatic hydroxyl groups excluding tert-OH is 1. The second-order valence-electron chi connectivity index (χ2n) is 6.29. The molecule has 0 saturated carbocycles. The molecule has 0 bridgehead atoms. The van der Waals surface area contributed by atoms with Crippen LogP contribution >= 0.6 is 15.9 Å². The monoisotopic (exact) mass is 435 g/mol. The van der Waals surface area contributed by atoms with Crippen LogP contribution in [0.5, 0.6) is 0 Å². The van der Waals surface area contributed by atoms with Gasteiger partial charge in [-0.3, -0.25) is 0 Å². The Bertz CT molecular complexity index is 874. The first-order valence-corrected chi connectivity index (χ1v) is 9.24. The summed E-state index contributed by atoms with van der Waals surface area (Å²) in [5.74, 6) is 0.213. The number of hydrogen-bond donors (Lipinski definition) is 3. The summed E-state index contributed by atoms with van der Waals surface area (Å²) in [4.78, 5) is 8.66. The Labute approximate surface area is 164 Å². The van der Waals surface area contributed by atoms with Gasteiger partial charge in [-0.15, -0.1) is 0 Å². The number of anilines is 3. The number of aliphatic hydroxyl groups is 1. The molecule has 1 fully saturated rings. The van der Waals surface area contributed by atoms with E-state index in [1.165, 1.54) is 6.07 Å². The lowest BCUT2D eigenvalue weighted by Gasteiger charge is -2.28. The fraction of sp³-hybridized carbons (Fsp3) is 0.389. The zero-order valence-corrected chi connectivity index (χ0v) is 16.3. The average molecular weight is 436 g/mol. The van der Waals surface area contributed by atoms with Crippen LogP contribution in [0, 0.1) is 30.0 Å². The van der Waals surface area contributed by atoms with E-state index in [2.05, 4.69) is 42.6 Å². The van der Waals surface area contributed by atoms with E-state index in [-0.39, 0.29) is 29.0 Å². The number of nitrogens with zero attached hydrogens (tertiary/aromatic N) is 3. The molecule has 1 aromatic heterocycles. The van der Waals surface area contributed by atoms with Crippen molar-refractivity contribution in [1.29, 1.82) is 5.26 Å². The van der Waals surface area contributed by atoms with Gasteiger partial charge >= 0.3 is 0 Å². The Morgan fingerprint density at radius 1 is 1.48 bits per heavy atom. The number of benzene rings is 1. The molecular weight excluding hydrogens is 417 g/mol. The van der Waals surface area contributed by atoms with E-state index in [4.69, 9.17) is 4.74 Å². The normalized spacial score (nSPS) is 19.4. The average Bonchev–Trinajstić information content (AvgIpc) is 2.67. The van der Waals surface area contributed by atoms with Crippen molar-refractivity contribution >= 4 is 33.4 Å². The maximum Gasteiger partial charge on any atom is 0.229 e. The molecule has 2 heterocycles. The predicted molar refractivity (Wildman–Crippen MR) is 102 cm³/mol. The van der Waals surface area contributed by atoms with Gasteiger partial charge in [-0.1, -0.05) is 0 Å². The Morgan fingerprint density at radius 3 is 3.04 bits per heavy atom. The highest BCUT2D eigenvalue weighted by molar-refractivity contribution is 9.10. The lowest BCUT2D eigenvalue weighted by Crippen LogP contribution is -2.38. The fourth-order valence-electron chi connectivity index (χ4n) is 2.82. The third-order valence-corrected chi connectivity index (χ3v) is 5.23. The molecule has 1 aromatic carbocycles. The zero-order chi connectivity index (χ0) is 19.4. The van der Waals surface area contributed by atoms with Gasteiger partial charge in [0.25, 0.3) is 0 Å². The maximum absolute atomic E-state index is 14.0. The van der Waals surface area contributed by atoms with Gasteiger partial charge in [0.2, 0.25) is 5.95 Å². The molecule has 142 valence electrons. The summed E-state index contributed by atoms with van der Waals surface area (Å²) < 4.78 is 19.7. The van der Waals surface area contributed by atoms with Gasteiger partial charge in [-0.25, -0.2) is 9.37 Å². The molecule has 27 heavy (non-hydrogen) atoms. The van der Waals surface area contributed by atoms with Crippen molar-refractivity contribution in [2.24, 2.45) is 5.92 Å². The second kappa shape index (κ2) is 8.61. The van der Waals surface area contributed by atoms with Crippen molar-refractivity contribution in [2.75, 3.05) is 23.8 Å². The predicted octanol–water partition coefficient (Wildman–Crippen LogP) is 3.26. The SMILES string of the molecule is Cc1cnc(Nc2cc(F)c(Br)c(CO)c2)nc1N[C@@H]1COCC[C@H]1C#N. The summed E-state index contributed by atoms with van der Waals surface area (Å²) in [6.07, 6.45) is 2.32. The smallest absolute Gasteiger partial charge is 0.229 e. The van der Waals surface area contributed by atoms with E-state index in [1.54, 1.807) is 12.3 Å². The summed E-state index contributed by atoms with van der Waals surface area (Å²) in [5, 5.41) is 24.9. The minimum Gasteiger partial charge on any atom is -0.392 e. The molecule has 9 heteroatoms. The molecule has 0 radical (unpaired) electrons. The summed E-state index contributed by atoms with van der Waals surface area (Å²) in [6.45, 7) is 2.57. The number of halogens is 2. The molecule has 2 atom stereocenters. The van der Waals surface area contributed by atoms with Crippen LogP contribution in [0.25, 0.3) is 0 Å². The number of aryl methyl sites for hydroxylation is 1. The maximum atomic E-state index is 14.0. The molecular formula is C18H19BrFN5O2. The van der Waals surface area contributed by atoms with Crippen LogP contribution < -0.4 is 10.6 Å². The third-order valence-electron chi connectivity index (χ3n) is 4.35. The van der Waals surface area contributed by atoms with Crippen LogP contribution in [-0.4, -0.2) is 34.3 Å². The largest absolute Gasteiger partial charge is 0.392 e. The number of nitrogens with one attached hydrogen (secondary N) is 2. The molecule has 2 aromatic rings. The Kier molecular flexibility index (Phi) is 6.21. The molecule has 0 unspecified atom stereocenters. The molecule has 0 spiro atoms. The molecule has 7 nitrogen and oxygen atoms in total. The van der Waals surface area contributed by atoms with Gasteiger partial charge in [0.05, 0.1) is 35.7 Å².